The average Bonchev–Trinajstić information content (AvgIpc) is 2.76. The lowest BCUT2D eigenvalue weighted by atomic mass is 10.1. The van der Waals surface area contributed by atoms with E-state index in [-0.39, 0.29) is 37.4 Å². The molecule has 35 heavy (non-hydrogen) atoms. The smallest absolute Gasteiger partial charge is 0.243 e. The summed E-state index contributed by atoms with van der Waals surface area (Å²) in [5, 5.41) is 3.49. The largest absolute Gasteiger partial charge is 0.352 e. The summed E-state index contributed by atoms with van der Waals surface area (Å²) in [5.74, 6) is -0.411. The second-order valence-electron chi connectivity index (χ2n) is 9.01. The molecular weight excluding hydrogens is 486 g/mol. The van der Waals surface area contributed by atoms with Crippen LogP contribution >= 0.6 is 11.6 Å². The topological polar surface area (TPSA) is 86.8 Å². The van der Waals surface area contributed by atoms with Crippen molar-refractivity contribution in [3.63, 3.8) is 0 Å². The third kappa shape index (κ3) is 8.85. The Morgan fingerprint density at radius 2 is 1.74 bits per heavy atom. The first kappa shape index (κ1) is 28.7. The summed E-state index contributed by atoms with van der Waals surface area (Å²) in [4.78, 5) is 27.9. The first-order valence-corrected chi connectivity index (χ1v) is 14.0. The Balaban J connectivity index is 2.21. The van der Waals surface area contributed by atoms with Crippen LogP contribution in [0.15, 0.2) is 48.5 Å². The van der Waals surface area contributed by atoms with Crippen LogP contribution in [0, 0.1) is 6.92 Å². The highest BCUT2D eigenvalue weighted by atomic mass is 35.5. The van der Waals surface area contributed by atoms with E-state index in [9.17, 15) is 18.0 Å². The van der Waals surface area contributed by atoms with Gasteiger partial charge in [0.2, 0.25) is 21.8 Å². The normalized spacial score (nSPS) is 12.3. The number of nitrogens with zero attached hydrogens (tertiary/aromatic N) is 2. The Labute approximate surface area is 214 Å². The highest BCUT2D eigenvalue weighted by Gasteiger charge is 2.29. The lowest BCUT2D eigenvalue weighted by Gasteiger charge is -2.31. The molecule has 192 valence electrons. The van der Waals surface area contributed by atoms with Gasteiger partial charge in [0.1, 0.15) is 6.04 Å². The van der Waals surface area contributed by atoms with E-state index < -0.39 is 16.1 Å². The molecule has 0 fully saturated rings. The number of amides is 2. The molecule has 0 spiro atoms. The van der Waals surface area contributed by atoms with E-state index >= 15 is 0 Å². The number of hydrogen-bond acceptors (Lipinski definition) is 4. The molecule has 2 amide bonds. The number of nitrogens with one attached hydrogen (secondary N) is 1. The van der Waals surface area contributed by atoms with E-state index in [1.165, 1.54) is 4.31 Å². The molecule has 1 N–H and O–H groups in total. The van der Waals surface area contributed by atoms with Crippen LogP contribution in [0.5, 0.6) is 0 Å². The molecule has 0 radical (unpaired) electrons. The van der Waals surface area contributed by atoms with Gasteiger partial charge in [0, 0.05) is 30.6 Å². The summed E-state index contributed by atoms with van der Waals surface area (Å²) in [6, 6.07) is 13.7. The molecule has 2 rings (SSSR count). The zero-order chi connectivity index (χ0) is 26.2. The van der Waals surface area contributed by atoms with Gasteiger partial charge in [-0.05, 0) is 69.0 Å². The zero-order valence-electron chi connectivity index (χ0n) is 21.1. The van der Waals surface area contributed by atoms with Gasteiger partial charge in [-0.2, -0.15) is 0 Å². The molecule has 0 unspecified atom stereocenters. The van der Waals surface area contributed by atoms with E-state index in [0.29, 0.717) is 23.6 Å². The van der Waals surface area contributed by atoms with Crippen LogP contribution in [0.1, 0.15) is 51.2 Å². The van der Waals surface area contributed by atoms with E-state index in [2.05, 4.69) is 5.32 Å². The molecule has 0 aliphatic carbocycles. The van der Waals surface area contributed by atoms with Gasteiger partial charge in [-0.15, -0.1) is 0 Å². The van der Waals surface area contributed by atoms with Crippen LogP contribution in [0.3, 0.4) is 0 Å². The molecular formula is C26H36ClN3O4S. The first-order valence-electron chi connectivity index (χ1n) is 11.8. The van der Waals surface area contributed by atoms with Gasteiger partial charge in [0.15, 0.2) is 0 Å². The maximum atomic E-state index is 13.4. The number of sulfonamides is 1. The summed E-state index contributed by atoms with van der Waals surface area (Å²) >= 11 is 6.01. The van der Waals surface area contributed by atoms with Crippen molar-refractivity contribution in [3.8, 4) is 0 Å². The predicted molar refractivity (Wildman–Crippen MR) is 142 cm³/mol. The predicted octanol–water partition coefficient (Wildman–Crippen LogP) is 4.53. The fourth-order valence-corrected chi connectivity index (χ4v) is 4.96. The van der Waals surface area contributed by atoms with Gasteiger partial charge in [-0.3, -0.25) is 13.9 Å². The number of benzene rings is 2. The van der Waals surface area contributed by atoms with Crippen molar-refractivity contribution in [2.45, 2.75) is 65.6 Å². The Hall–Kier alpha value is -2.58. The average molecular weight is 522 g/mol. The maximum absolute atomic E-state index is 13.4. The summed E-state index contributed by atoms with van der Waals surface area (Å²) < 4.78 is 26.2. The van der Waals surface area contributed by atoms with Gasteiger partial charge >= 0.3 is 0 Å². The zero-order valence-corrected chi connectivity index (χ0v) is 22.7. The van der Waals surface area contributed by atoms with Crippen molar-refractivity contribution in [1.82, 2.24) is 10.2 Å². The van der Waals surface area contributed by atoms with Gasteiger partial charge in [-0.25, -0.2) is 8.42 Å². The Kier molecular flexibility index (Phi) is 10.6. The van der Waals surface area contributed by atoms with E-state index in [0.717, 1.165) is 17.4 Å². The number of aryl methyl sites for hydroxylation is 1. The monoisotopic (exact) mass is 521 g/mol. The molecule has 2 aromatic rings. The van der Waals surface area contributed by atoms with E-state index in [4.69, 9.17) is 11.6 Å². The molecule has 0 saturated heterocycles. The summed E-state index contributed by atoms with van der Waals surface area (Å²) in [6.45, 7) is 7.94. The number of carbonyl (C=O) groups excluding carboxylic acids is 2. The molecule has 2 aromatic carbocycles. The Morgan fingerprint density at radius 3 is 2.29 bits per heavy atom. The fourth-order valence-electron chi connectivity index (χ4n) is 3.87. The SMILES string of the molecule is CC[C@@H](C(=O)NC(C)C)N(Cc1ccc(Cl)cc1)C(=O)CCCN(c1cccc(C)c1)S(C)(=O)=O. The number of halogens is 1. The van der Waals surface area contributed by atoms with Crippen LogP contribution in [0.2, 0.25) is 5.02 Å². The Bertz CT molecular complexity index is 1100. The summed E-state index contributed by atoms with van der Waals surface area (Å²) in [7, 11) is -3.52. The number of rotatable bonds is 12. The van der Waals surface area contributed by atoms with Crippen molar-refractivity contribution in [2.24, 2.45) is 0 Å². The number of anilines is 1. The van der Waals surface area contributed by atoms with Gasteiger partial charge in [0.25, 0.3) is 0 Å². The highest BCUT2D eigenvalue weighted by molar-refractivity contribution is 7.92. The van der Waals surface area contributed by atoms with Crippen LogP contribution in [-0.2, 0) is 26.2 Å². The van der Waals surface area contributed by atoms with Crippen molar-refractivity contribution in [1.29, 1.82) is 0 Å². The standard InChI is InChI=1S/C26H36ClN3O4S/c1-6-24(26(32)28-19(2)3)29(18-21-12-14-22(27)15-13-21)25(31)11-8-16-30(35(5,33)34)23-10-7-9-20(4)17-23/h7,9-10,12-15,17,19,24H,6,8,11,16,18H2,1-5H3,(H,28,32)/t24-/m0/s1. The first-order chi connectivity index (χ1) is 16.4. The van der Waals surface area contributed by atoms with Crippen molar-refractivity contribution >= 4 is 39.1 Å². The fraction of sp³-hybridized carbons (Fsp3) is 0.462. The van der Waals surface area contributed by atoms with Gasteiger partial charge < -0.3 is 10.2 Å². The number of hydrogen-bond donors (Lipinski definition) is 1. The molecule has 0 aromatic heterocycles. The molecule has 1 atom stereocenters. The van der Waals surface area contributed by atoms with Crippen molar-refractivity contribution in [2.75, 3.05) is 17.1 Å². The molecule has 7 nitrogen and oxygen atoms in total. The van der Waals surface area contributed by atoms with E-state index in [1.54, 1.807) is 35.2 Å². The van der Waals surface area contributed by atoms with E-state index in [1.807, 2.05) is 45.9 Å². The van der Waals surface area contributed by atoms with Gasteiger partial charge in [-0.1, -0.05) is 42.8 Å². The minimum atomic E-state index is -3.52. The molecule has 0 saturated carbocycles. The lowest BCUT2D eigenvalue weighted by Crippen LogP contribution is -2.50. The molecule has 0 bridgehead atoms. The summed E-state index contributed by atoms with van der Waals surface area (Å²) in [5.41, 5.74) is 2.38. The lowest BCUT2D eigenvalue weighted by molar-refractivity contribution is -0.141. The Morgan fingerprint density at radius 1 is 1.09 bits per heavy atom. The molecule has 0 aliphatic rings. The maximum Gasteiger partial charge on any atom is 0.243 e. The minimum absolute atomic E-state index is 0.0540. The quantitative estimate of drug-likeness (QED) is 0.444. The minimum Gasteiger partial charge on any atom is -0.352 e. The highest BCUT2D eigenvalue weighted by Crippen LogP contribution is 2.21. The van der Waals surface area contributed by atoms with Crippen LogP contribution in [0.4, 0.5) is 5.69 Å². The second-order valence-corrected chi connectivity index (χ2v) is 11.4. The van der Waals surface area contributed by atoms with Crippen molar-refractivity contribution < 1.29 is 18.0 Å². The second kappa shape index (κ2) is 12.9. The van der Waals surface area contributed by atoms with Crippen LogP contribution in [0.25, 0.3) is 0 Å². The van der Waals surface area contributed by atoms with Crippen LogP contribution in [-0.4, -0.2) is 50.0 Å². The molecule has 0 aliphatic heterocycles. The summed E-state index contributed by atoms with van der Waals surface area (Å²) in [6.07, 6.45) is 2.04. The molecule has 9 heteroatoms. The molecule has 0 heterocycles. The van der Waals surface area contributed by atoms with Crippen LogP contribution < -0.4 is 9.62 Å². The van der Waals surface area contributed by atoms with Crippen molar-refractivity contribution in [3.05, 3.63) is 64.7 Å². The van der Waals surface area contributed by atoms with Gasteiger partial charge in [0.05, 0.1) is 11.9 Å². The number of carbonyl (C=O) groups is 2. The third-order valence-electron chi connectivity index (χ3n) is 5.52. The third-order valence-corrected chi connectivity index (χ3v) is 6.97.